The van der Waals surface area contributed by atoms with Crippen molar-refractivity contribution in [2.24, 2.45) is 0 Å². The predicted molar refractivity (Wildman–Crippen MR) is 201 cm³/mol. The average Bonchev–Trinajstić information content (AvgIpc) is 3.56. The van der Waals surface area contributed by atoms with Gasteiger partial charge in [-0.3, -0.25) is 19.4 Å². The van der Waals surface area contributed by atoms with Crippen LogP contribution < -0.4 is 21.3 Å². The first kappa shape index (κ1) is 37.0. The van der Waals surface area contributed by atoms with Crippen molar-refractivity contribution in [3.8, 4) is 16.9 Å². The highest BCUT2D eigenvalue weighted by Gasteiger charge is 2.21. The van der Waals surface area contributed by atoms with Crippen LogP contribution >= 0.6 is 23.2 Å². The maximum absolute atomic E-state index is 13.6. The van der Waals surface area contributed by atoms with E-state index in [1.165, 1.54) is 16.8 Å². The van der Waals surface area contributed by atoms with Crippen molar-refractivity contribution in [1.82, 2.24) is 30.4 Å². The zero-order valence-corrected chi connectivity index (χ0v) is 29.8. The number of nitrogens with one attached hydrogen (secondary N) is 4. The number of benzene rings is 2. The Labute approximate surface area is 307 Å². The van der Waals surface area contributed by atoms with Gasteiger partial charge in [0.15, 0.2) is 5.69 Å². The second-order valence-electron chi connectivity index (χ2n) is 11.8. The lowest BCUT2D eigenvalue weighted by molar-refractivity contribution is -0.121. The molecule has 2 aromatic carbocycles. The number of rotatable bonds is 17. The normalized spacial score (nSPS) is 10.8. The molecule has 0 unspecified atom stereocenters. The van der Waals surface area contributed by atoms with E-state index in [1.807, 2.05) is 55.5 Å². The molecule has 0 aliphatic rings. The van der Waals surface area contributed by atoms with Crippen LogP contribution in [0.25, 0.3) is 16.9 Å². The van der Waals surface area contributed by atoms with Crippen LogP contribution in [0.15, 0.2) is 91.3 Å². The summed E-state index contributed by atoms with van der Waals surface area (Å²) >= 11 is 12.9. The van der Waals surface area contributed by atoms with Crippen LogP contribution in [0.1, 0.15) is 71.9 Å². The van der Waals surface area contributed by atoms with Crippen LogP contribution in [0.4, 0.5) is 11.6 Å². The predicted octanol–water partition coefficient (Wildman–Crippen LogP) is 7.71. The number of nitrogens with zero attached hydrogens (tertiary/aromatic N) is 4. The first-order valence-corrected chi connectivity index (χ1v) is 17.7. The molecule has 3 amide bonds. The number of carbonyl (C=O) groups is 3. The Morgan fingerprint density at radius 2 is 1.55 bits per heavy atom. The Kier molecular flexibility index (Phi) is 13.5. The zero-order chi connectivity index (χ0) is 36.0. The quantitative estimate of drug-likeness (QED) is 0.0719. The number of pyridine rings is 2. The minimum Gasteiger partial charge on any atom is -0.370 e. The molecule has 0 aliphatic carbocycles. The van der Waals surface area contributed by atoms with E-state index in [-0.39, 0.29) is 34.5 Å². The molecular formula is C38H40Cl2N8O3. The second-order valence-corrected chi connectivity index (χ2v) is 12.6. The highest BCUT2D eigenvalue weighted by atomic mass is 35.5. The lowest BCUT2D eigenvalue weighted by atomic mass is 10.1. The van der Waals surface area contributed by atoms with Crippen LogP contribution in [-0.4, -0.2) is 50.6 Å². The fraction of sp³-hybridized carbons (Fsp3) is 0.263. The van der Waals surface area contributed by atoms with Crippen LogP contribution in [0, 0.1) is 0 Å². The minimum absolute atomic E-state index is 0.115. The molecule has 3 heterocycles. The number of hydrogen-bond donors (Lipinski definition) is 4. The maximum Gasteiger partial charge on any atom is 0.272 e. The number of amides is 3. The van der Waals surface area contributed by atoms with Crippen molar-refractivity contribution in [2.75, 3.05) is 23.7 Å². The van der Waals surface area contributed by atoms with E-state index in [4.69, 9.17) is 23.2 Å². The molecule has 0 radical (unpaired) electrons. The Bertz CT molecular complexity index is 1940. The summed E-state index contributed by atoms with van der Waals surface area (Å²) < 4.78 is 1.49. The first-order chi connectivity index (χ1) is 24.8. The molecule has 13 heteroatoms. The monoisotopic (exact) mass is 726 g/mol. The molecule has 3 aromatic heterocycles. The van der Waals surface area contributed by atoms with Gasteiger partial charge in [0.05, 0.1) is 27.0 Å². The van der Waals surface area contributed by atoms with Gasteiger partial charge in [0.1, 0.15) is 11.6 Å². The molecule has 0 saturated heterocycles. The topological polar surface area (TPSA) is 143 Å². The fourth-order valence-electron chi connectivity index (χ4n) is 5.37. The summed E-state index contributed by atoms with van der Waals surface area (Å²) in [5.41, 5.74) is 2.96. The summed E-state index contributed by atoms with van der Waals surface area (Å²) in [6.45, 7) is 3.62. The molecular weight excluding hydrogens is 687 g/mol. The highest BCUT2D eigenvalue weighted by Crippen LogP contribution is 2.32. The van der Waals surface area contributed by atoms with Gasteiger partial charge < -0.3 is 21.3 Å². The molecule has 0 fully saturated rings. The average molecular weight is 728 g/mol. The van der Waals surface area contributed by atoms with Crippen LogP contribution in [0.5, 0.6) is 0 Å². The third-order valence-electron chi connectivity index (χ3n) is 7.96. The molecule has 4 N–H and O–H groups in total. The molecule has 51 heavy (non-hydrogen) atoms. The second kappa shape index (κ2) is 18.7. The fourth-order valence-corrected chi connectivity index (χ4v) is 5.93. The smallest absolute Gasteiger partial charge is 0.272 e. The Balaban J connectivity index is 1.20. The number of halogens is 2. The van der Waals surface area contributed by atoms with E-state index in [1.54, 1.807) is 30.6 Å². The van der Waals surface area contributed by atoms with E-state index >= 15 is 0 Å². The molecule has 0 atom stereocenters. The molecule has 0 saturated carbocycles. The van der Waals surface area contributed by atoms with Gasteiger partial charge in [0.25, 0.3) is 11.8 Å². The van der Waals surface area contributed by atoms with Crippen LogP contribution in [0.2, 0.25) is 10.0 Å². The van der Waals surface area contributed by atoms with Gasteiger partial charge in [-0.1, -0.05) is 66.7 Å². The van der Waals surface area contributed by atoms with Gasteiger partial charge in [0.2, 0.25) is 5.91 Å². The van der Waals surface area contributed by atoms with Crippen molar-refractivity contribution in [3.05, 3.63) is 118 Å². The number of hydrogen-bond acceptors (Lipinski definition) is 7. The summed E-state index contributed by atoms with van der Waals surface area (Å²) in [6, 6.07) is 22.9. The first-order valence-electron chi connectivity index (χ1n) is 16.9. The maximum atomic E-state index is 13.6. The zero-order valence-electron chi connectivity index (χ0n) is 28.3. The van der Waals surface area contributed by atoms with E-state index in [9.17, 15) is 14.4 Å². The molecule has 5 aromatic rings. The lowest BCUT2D eigenvalue weighted by Gasteiger charge is -2.12. The number of carbonyl (C=O) groups excluding carboxylic acids is 3. The summed E-state index contributed by atoms with van der Waals surface area (Å²) in [5.74, 6) is 0.197. The van der Waals surface area contributed by atoms with E-state index in [0.29, 0.717) is 34.9 Å². The third kappa shape index (κ3) is 10.6. The number of unbranched alkanes of at least 4 members (excludes halogenated alkanes) is 4. The summed E-state index contributed by atoms with van der Waals surface area (Å²) in [4.78, 5) is 47.2. The van der Waals surface area contributed by atoms with Gasteiger partial charge in [-0.25, -0.2) is 9.67 Å². The minimum atomic E-state index is -0.508. The molecule has 264 valence electrons. The van der Waals surface area contributed by atoms with Crippen molar-refractivity contribution >= 4 is 52.6 Å². The molecule has 11 nitrogen and oxygen atoms in total. The third-order valence-corrected chi connectivity index (χ3v) is 8.59. The lowest BCUT2D eigenvalue weighted by Crippen LogP contribution is -2.23. The molecule has 5 rings (SSSR count). The molecule has 0 bridgehead atoms. The van der Waals surface area contributed by atoms with Crippen LogP contribution in [0.3, 0.4) is 0 Å². The summed E-state index contributed by atoms with van der Waals surface area (Å²) in [6.07, 6.45) is 8.99. The standard InChI is InChI=1S/C38H40Cl2N8O3/c1-2-41-36(49)16-9-4-3-5-11-19-43-34-21-26(17-20-44-34)25-45-38(51)33-24-35(48(47-33)27-13-7-6-8-14-27)46-37(50)29-22-28(30(39)23-31(29)40)32-15-10-12-18-42-32/h6-8,10,12-15,17-18,20-24H,2-5,9,11,16,19,25H2,1H3,(H,41,49)(H,43,44)(H,45,51)(H,46,50). The summed E-state index contributed by atoms with van der Waals surface area (Å²) in [7, 11) is 0. The van der Waals surface area contributed by atoms with Gasteiger partial charge in [-0.2, -0.15) is 5.10 Å². The Morgan fingerprint density at radius 3 is 2.33 bits per heavy atom. The van der Waals surface area contributed by atoms with Gasteiger partial charge in [0, 0.05) is 50.1 Å². The number of aromatic nitrogens is 4. The van der Waals surface area contributed by atoms with E-state index in [0.717, 1.165) is 50.0 Å². The van der Waals surface area contributed by atoms with Crippen molar-refractivity contribution in [2.45, 2.75) is 52.0 Å². The van der Waals surface area contributed by atoms with Gasteiger partial charge in [-0.05, 0) is 73.9 Å². The van der Waals surface area contributed by atoms with E-state index < -0.39 is 11.8 Å². The SMILES string of the molecule is CCNC(=O)CCCCCCCNc1cc(CNC(=O)c2cc(NC(=O)c3cc(-c4ccccn4)c(Cl)cc3Cl)n(-c3ccccc3)n2)ccn1. The van der Waals surface area contributed by atoms with Gasteiger partial charge in [-0.15, -0.1) is 0 Å². The van der Waals surface area contributed by atoms with Crippen molar-refractivity contribution in [3.63, 3.8) is 0 Å². The van der Waals surface area contributed by atoms with Crippen molar-refractivity contribution < 1.29 is 14.4 Å². The van der Waals surface area contributed by atoms with Gasteiger partial charge >= 0.3 is 0 Å². The Hall–Kier alpha value is -5.26. The number of anilines is 2. The molecule has 0 spiro atoms. The number of para-hydroxylation sites is 1. The van der Waals surface area contributed by atoms with Crippen molar-refractivity contribution in [1.29, 1.82) is 0 Å². The molecule has 0 aliphatic heterocycles. The largest absolute Gasteiger partial charge is 0.370 e. The van der Waals surface area contributed by atoms with E-state index in [2.05, 4.69) is 36.3 Å². The van der Waals surface area contributed by atoms with Crippen LogP contribution in [-0.2, 0) is 11.3 Å². The highest BCUT2D eigenvalue weighted by molar-refractivity contribution is 6.38. The summed E-state index contributed by atoms with van der Waals surface area (Å²) in [5, 5.41) is 17.0. The Morgan fingerprint density at radius 1 is 0.765 bits per heavy atom.